The molecule has 0 aromatic heterocycles. The summed E-state index contributed by atoms with van der Waals surface area (Å²) in [7, 11) is 7.89. The van der Waals surface area contributed by atoms with Gasteiger partial charge >= 0.3 is 0 Å². The standard InChI is InChI=1S/C19H20B2F2N2O3S/c1-9(2)11(4)25-29(27,28)16-8-13(17(20)10(3)18(16)21)19(26)24-12-5-6-14(22)15(23)7-12/h5-9,11,25H,1-4H3,(H,24,26)/t11-/m1/s1. The molecule has 0 heterocycles. The lowest BCUT2D eigenvalue weighted by Crippen LogP contribution is -2.40. The number of hydrogen-bond donors (Lipinski definition) is 2. The van der Waals surface area contributed by atoms with E-state index in [0.717, 1.165) is 18.2 Å². The Balaban J connectivity index is 2.48. The monoisotopic (exact) mass is 416 g/mol. The summed E-state index contributed by atoms with van der Waals surface area (Å²) < 4.78 is 54.6. The minimum atomic E-state index is -4.04. The van der Waals surface area contributed by atoms with E-state index in [1.165, 1.54) is 13.0 Å². The lowest BCUT2D eigenvalue weighted by Gasteiger charge is -2.21. The van der Waals surface area contributed by atoms with Crippen LogP contribution in [0.1, 0.15) is 36.7 Å². The van der Waals surface area contributed by atoms with Crippen molar-refractivity contribution >= 4 is 48.2 Å². The van der Waals surface area contributed by atoms with Gasteiger partial charge in [-0.05, 0) is 38.0 Å². The van der Waals surface area contributed by atoms with Crippen molar-refractivity contribution < 1.29 is 22.0 Å². The van der Waals surface area contributed by atoms with Crippen molar-refractivity contribution in [3.05, 3.63) is 47.0 Å². The molecule has 2 aromatic rings. The molecule has 2 N–H and O–H groups in total. The van der Waals surface area contributed by atoms with Crippen molar-refractivity contribution in [3.8, 4) is 0 Å². The summed E-state index contributed by atoms with van der Waals surface area (Å²) in [6, 6.07) is 3.52. The summed E-state index contributed by atoms with van der Waals surface area (Å²) in [5.74, 6) is -2.97. The lowest BCUT2D eigenvalue weighted by molar-refractivity contribution is 0.102. The summed E-state index contributed by atoms with van der Waals surface area (Å²) in [6.45, 7) is 6.90. The summed E-state index contributed by atoms with van der Waals surface area (Å²) in [5, 5.41) is 2.37. The summed E-state index contributed by atoms with van der Waals surface area (Å²) in [5.41, 5.74) is -0.0352. The minimum absolute atomic E-state index is 0.0151. The summed E-state index contributed by atoms with van der Waals surface area (Å²) in [6.07, 6.45) is 0. The number of hydrogen-bond acceptors (Lipinski definition) is 3. The molecule has 0 aliphatic carbocycles. The molecule has 0 saturated heterocycles. The van der Waals surface area contributed by atoms with Crippen molar-refractivity contribution in [3.63, 3.8) is 0 Å². The maximum atomic E-state index is 13.4. The van der Waals surface area contributed by atoms with Gasteiger partial charge in [0.15, 0.2) is 11.6 Å². The molecule has 0 spiro atoms. The number of sulfonamides is 1. The highest BCUT2D eigenvalue weighted by Crippen LogP contribution is 2.16. The number of amides is 1. The number of anilines is 1. The molecule has 0 aliphatic rings. The van der Waals surface area contributed by atoms with E-state index in [1.807, 2.05) is 13.8 Å². The fraction of sp³-hybridized carbons (Fsp3) is 0.316. The SMILES string of the molecule is [B]c1c(C(=O)Nc2ccc(F)c(F)c2)cc(S(=O)(=O)N[C@H](C)C(C)C)c([B])c1C. The van der Waals surface area contributed by atoms with Gasteiger partial charge in [-0.25, -0.2) is 21.9 Å². The van der Waals surface area contributed by atoms with Gasteiger partial charge in [0.2, 0.25) is 10.0 Å². The van der Waals surface area contributed by atoms with Crippen molar-refractivity contribution in [2.24, 2.45) is 5.92 Å². The topological polar surface area (TPSA) is 75.3 Å². The van der Waals surface area contributed by atoms with Crippen LogP contribution in [-0.4, -0.2) is 36.1 Å². The van der Waals surface area contributed by atoms with Gasteiger partial charge in [-0.3, -0.25) is 4.79 Å². The number of carbonyl (C=O) groups excluding carboxylic acids is 1. The first-order chi connectivity index (χ1) is 13.3. The van der Waals surface area contributed by atoms with Crippen molar-refractivity contribution in [1.82, 2.24) is 4.72 Å². The van der Waals surface area contributed by atoms with Crippen LogP contribution in [0.5, 0.6) is 0 Å². The predicted molar refractivity (Wildman–Crippen MR) is 111 cm³/mol. The molecular formula is C19H20B2F2N2O3S. The van der Waals surface area contributed by atoms with Gasteiger partial charge in [0.25, 0.3) is 5.91 Å². The van der Waals surface area contributed by atoms with Crippen LogP contribution in [0.25, 0.3) is 0 Å². The van der Waals surface area contributed by atoms with Gasteiger partial charge in [-0.2, -0.15) is 0 Å². The Kier molecular flexibility index (Phi) is 6.90. The Morgan fingerprint density at radius 2 is 1.66 bits per heavy atom. The van der Waals surface area contributed by atoms with Crippen LogP contribution < -0.4 is 21.0 Å². The molecule has 0 bridgehead atoms. The third-order valence-corrected chi connectivity index (χ3v) is 6.29. The molecule has 1 amide bonds. The second-order valence-corrected chi connectivity index (χ2v) is 8.79. The van der Waals surface area contributed by atoms with Gasteiger partial charge in [-0.1, -0.05) is 30.3 Å². The number of carbonyl (C=O) groups is 1. The average molecular weight is 416 g/mol. The quantitative estimate of drug-likeness (QED) is 0.701. The third kappa shape index (κ3) is 5.05. The molecule has 0 aliphatic heterocycles. The minimum Gasteiger partial charge on any atom is -0.322 e. The number of nitrogens with one attached hydrogen (secondary N) is 2. The summed E-state index contributed by atoms with van der Waals surface area (Å²) >= 11 is 0. The molecule has 29 heavy (non-hydrogen) atoms. The fourth-order valence-corrected chi connectivity index (χ4v) is 4.05. The largest absolute Gasteiger partial charge is 0.322 e. The number of rotatable bonds is 6. The van der Waals surface area contributed by atoms with Crippen LogP contribution in [0.4, 0.5) is 14.5 Å². The average Bonchev–Trinajstić information content (AvgIpc) is 2.62. The smallest absolute Gasteiger partial charge is 0.255 e. The van der Waals surface area contributed by atoms with Gasteiger partial charge in [0.1, 0.15) is 15.7 Å². The van der Waals surface area contributed by atoms with Crippen LogP contribution >= 0.6 is 0 Å². The molecule has 0 unspecified atom stereocenters. The van der Waals surface area contributed by atoms with E-state index in [-0.39, 0.29) is 44.6 Å². The Morgan fingerprint density at radius 1 is 1.03 bits per heavy atom. The highest BCUT2D eigenvalue weighted by molar-refractivity contribution is 7.89. The first-order valence-electron chi connectivity index (χ1n) is 8.82. The molecule has 2 rings (SSSR count). The van der Waals surface area contributed by atoms with Crippen molar-refractivity contribution in [2.75, 3.05) is 5.32 Å². The molecular weight excluding hydrogens is 396 g/mol. The number of halogens is 2. The maximum absolute atomic E-state index is 13.4. The van der Waals surface area contributed by atoms with Gasteiger partial charge in [-0.15, -0.1) is 0 Å². The van der Waals surface area contributed by atoms with E-state index >= 15 is 0 Å². The molecule has 0 fully saturated rings. The van der Waals surface area contributed by atoms with Crippen molar-refractivity contribution in [1.29, 1.82) is 0 Å². The zero-order chi connectivity index (χ0) is 22.1. The maximum Gasteiger partial charge on any atom is 0.255 e. The molecule has 10 heteroatoms. The van der Waals surface area contributed by atoms with E-state index in [1.54, 1.807) is 6.92 Å². The van der Waals surface area contributed by atoms with Crippen LogP contribution in [0.15, 0.2) is 29.2 Å². The van der Waals surface area contributed by atoms with Gasteiger partial charge < -0.3 is 5.32 Å². The highest BCUT2D eigenvalue weighted by atomic mass is 32.2. The van der Waals surface area contributed by atoms with Crippen LogP contribution in [0, 0.1) is 24.5 Å². The van der Waals surface area contributed by atoms with Crippen LogP contribution in [-0.2, 0) is 10.0 Å². The predicted octanol–water partition coefficient (Wildman–Crippen LogP) is 1.44. The Labute approximate surface area is 172 Å². The zero-order valence-electron chi connectivity index (χ0n) is 16.5. The normalized spacial score (nSPS) is 12.8. The molecule has 1 atom stereocenters. The molecule has 150 valence electrons. The fourth-order valence-electron chi connectivity index (χ4n) is 2.45. The number of benzene rings is 2. The van der Waals surface area contributed by atoms with E-state index in [0.29, 0.717) is 0 Å². The van der Waals surface area contributed by atoms with E-state index in [9.17, 15) is 22.0 Å². The lowest BCUT2D eigenvalue weighted by atomic mass is 9.78. The van der Waals surface area contributed by atoms with Crippen LogP contribution in [0.2, 0.25) is 0 Å². The molecule has 4 radical (unpaired) electrons. The third-order valence-electron chi connectivity index (χ3n) is 4.69. The molecule has 2 aromatic carbocycles. The second kappa shape index (κ2) is 8.67. The van der Waals surface area contributed by atoms with Gasteiger partial charge in [0, 0.05) is 23.4 Å². The summed E-state index contributed by atoms with van der Waals surface area (Å²) in [4.78, 5) is 12.4. The highest BCUT2D eigenvalue weighted by Gasteiger charge is 2.25. The van der Waals surface area contributed by atoms with Gasteiger partial charge in [0.05, 0.1) is 4.90 Å². The first kappa shape index (κ1) is 23.1. The van der Waals surface area contributed by atoms with E-state index in [2.05, 4.69) is 10.0 Å². The van der Waals surface area contributed by atoms with Crippen molar-refractivity contribution in [2.45, 2.75) is 38.6 Å². The zero-order valence-corrected chi connectivity index (χ0v) is 17.3. The Hall–Kier alpha value is -2.19. The molecule has 0 saturated carbocycles. The Morgan fingerprint density at radius 3 is 2.21 bits per heavy atom. The Bertz CT molecular complexity index is 1060. The van der Waals surface area contributed by atoms with E-state index < -0.39 is 27.6 Å². The van der Waals surface area contributed by atoms with E-state index in [4.69, 9.17) is 15.7 Å². The molecule has 5 nitrogen and oxygen atoms in total. The second-order valence-electron chi connectivity index (χ2n) is 7.11. The van der Waals surface area contributed by atoms with Crippen LogP contribution in [0.3, 0.4) is 0 Å². The first-order valence-corrected chi connectivity index (χ1v) is 10.3.